The number of hydrogen-bond acceptors (Lipinski definition) is 5. The Bertz CT molecular complexity index is 1130. The summed E-state index contributed by atoms with van der Waals surface area (Å²) in [5.74, 6) is -1.39. The highest BCUT2D eigenvalue weighted by Crippen LogP contribution is 2.31. The molecule has 2 aromatic rings. The van der Waals surface area contributed by atoms with Crippen molar-refractivity contribution in [2.75, 3.05) is 11.9 Å². The van der Waals surface area contributed by atoms with Gasteiger partial charge in [0.25, 0.3) is 10.0 Å². The van der Waals surface area contributed by atoms with Crippen LogP contribution >= 0.6 is 11.8 Å². The van der Waals surface area contributed by atoms with Gasteiger partial charge in [-0.3, -0.25) is 14.5 Å². The Morgan fingerprint density at radius 2 is 1.87 bits per heavy atom. The minimum Gasteiger partial charge on any atom is -0.326 e. The van der Waals surface area contributed by atoms with Gasteiger partial charge in [0, 0.05) is 18.7 Å². The number of amides is 2. The third-order valence-electron chi connectivity index (χ3n) is 4.35. The first kappa shape index (κ1) is 22.7. The second-order valence-electron chi connectivity index (χ2n) is 6.77. The number of rotatable bonds is 7. The summed E-state index contributed by atoms with van der Waals surface area (Å²) < 4.78 is 42.0. The summed E-state index contributed by atoms with van der Waals surface area (Å²) in [7, 11) is -4.17. The number of nitrogens with zero attached hydrogens (tertiary/aromatic N) is 2. The number of aryl methyl sites for hydroxylation is 1. The Hall–Kier alpha value is -2.98. The van der Waals surface area contributed by atoms with Crippen LogP contribution in [0.15, 0.2) is 70.5 Å². The van der Waals surface area contributed by atoms with Crippen LogP contribution in [0, 0.1) is 12.7 Å². The molecule has 1 aliphatic heterocycles. The first-order chi connectivity index (χ1) is 14.7. The molecular formula is C21H20FN3O4S2. The number of benzene rings is 2. The highest BCUT2D eigenvalue weighted by Gasteiger charge is 2.39. The fraction of sp³-hybridized carbons (Fsp3) is 0.190. The fourth-order valence-corrected chi connectivity index (χ4v) is 5.15. The van der Waals surface area contributed by atoms with Crippen molar-refractivity contribution < 1.29 is 22.4 Å². The number of sulfonamides is 1. The molecule has 31 heavy (non-hydrogen) atoms. The van der Waals surface area contributed by atoms with E-state index < -0.39 is 27.0 Å². The third-order valence-corrected chi connectivity index (χ3v) is 6.92. The largest absolute Gasteiger partial charge is 0.326 e. The zero-order chi connectivity index (χ0) is 22.6. The van der Waals surface area contributed by atoms with E-state index in [1.54, 1.807) is 12.1 Å². The van der Waals surface area contributed by atoms with E-state index in [1.165, 1.54) is 11.0 Å². The van der Waals surface area contributed by atoms with Crippen molar-refractivity contribution in [1.82, 2.24) is 4.90 Å². The van der Waals surface area contributed by atoms with Gasteiger partial charge in [0.15, 0.2) is 5.17 Å². The predicted octanol–water partition coefficient (Wildman–Crippen LogP) is 3.34. The SMILES string of the molecule is C=CCN1C(=O)[C@@H](CC(=O)Nc2ccc(C)cc2)SC1=NS(=O)(=O)c1ccc(F)cc1. The van der Waals surface area contributed by atoms with Crippen LogP contribution in [0.1, 0.15) is 12.0 Å². The second kappa shape index (κ2) is 9.44. The van der Waals surface area contributed by atoms with Crippen LogP contribution < -0.4 is 5.32 Å². The number of carbonyl (C=O) groups excluding carboxylic acids is 2. The smallest absolute Gasteiger partial charge is 0.284 e. The number of nitrogens with one attached hydrogen (secondary N) is 1. The molecule has 0 radical (unpaired) electrons. The lowest BCUT2D eigenvalue weighted by atomic mass is 10.2. The number of amidine groups is 1. The summed E-state index contributed by atoms with van der Waals surface area (Å²) in [4.78, 5) is 26.1. The number of halogens is 1. The molecule has 2 aromatic carbocycles. The molecule has 1 heterocycles. The van der Waals surface area contributed by atoms with E-state index >= 15 is 0 Å². The van der Waals surface area contributed by atoms with Crippen molar-refractivity contribution in [2.45, 2.75) is 23.5 Å². The topological polar surface area (TPSA) is 95.9 Å². The minimum absolute atomic E-state index is 0.0414. The molecule has 162 valence electrons. The monoisotopic (exact) mass is 461 g/mol. The van der Waals surface area contributed by atoms with Gasteiger partial charge in [-0.25, -0.2) is 4.39 Å². The lowest BCUT2D eigenvalue weighted by molar-refractivity contribution is -0.127. The van der Waals surface area contributed by atoms with Crippen LogP contribution in [0.2, 0.25) is 0 Å². The Morgan fingerprint density at radius 1 is 1.23 bits per heavy atom. The summed E-state index contributed by atoms with van der Waals surface area (Å²) in [5.41, 5.74) is 1.64. The minimum atomic E-state index is -4.17. The van der Waals surface area contributed by atoms with Crippen LogP contribution in [0.4, 0.5) is 10.1 Å². The van der Waals surface area contributed by atoms with Crippen molar-refractivity contribution in [1.29, 1.82) is 0 Å². The Labute approximate surface area is 184 Å². The van der Waals surface area contributed by atoms with E-state index in [0.29, 0.717) is 5.69 Å². The maximum Gasteiger partial charge on any atom is 0.284 e. The quantitative estimate of drug-likeness (QED) is 0.638. The van der Waals surface area contributed by atoms with E-state index in [9.17, 15) is 22.4 Å². The van der Waals surface area contributed by atoms with Gasteiger partial charge in [-0.15, -0.1) is 11.0 Å². The van der Waals surface area contributed by atoms with Crippen molar-refractivity contribution in [3.8, 4) is 0 Å². The standard InChI is InChI=1S/C21H20FN3O4S2/c1-3-12-25-20(27)18(13-19(26)23-16-8-4-14(2)5-9-16)30-21(25)24-31(28,29)17-10-6-15(22)7-11-17/h3-11,18H,1,12-13H2,2H3,(H,23,26)/t18-/m1/s1. The second-order valence-corrected chi connectivity index (χ2v) is 9.54. The molecule has 1 fully saturated rings. The van der Waals surface area contributed by atoms with Crippen molar-refractivity contribution in [3.63, 3.8) is 0 Å². The van der Waals surface area contributed by atoms with Crippen molar-refractivity contribution >= 4 is 44.5 Å². The molecular weight excluding hydrogens is 441 g/mol. The predicted molar refractivity (Wildman–Crippen MR) is 119 cm³/mol. The van der Waals surface area contributed by atoms with E-state index in [4.69, 9.17) is 0 Å². The summed E-state index contributed by atoms with van der Waals surface area (Å²) in [5, 5.41) is 1.84. The molecule has 0 unspecified atom stereocenters. The maximum absolute atomic E-state index is 13.1. The van der Waals surface area contributed by atoms with Gasteiger partial charge in [-0.1, -0.05) is 35.5 Å². The molecule has 0 aromatic heterocycles. The highest BCUT2D eigenvalue weighted by atomic mass is 32.2. The van der Waals surface area contributed by atoms with Gasteiger partial charge in [0.1, 0.15) is 11.1 Å². The number of anilines is 1. The van der Waals surface area contributed by atoms with Crippen LogP contribution in [0.5, 0.6) is 0 Å². The number of carbonyl (C=O) groups is 2. The van der Waals surface area contributed by atoms with Crippen molar-refractivity contribution in [3.05, 3.63) is 72.6 Å². The molecule has 7 nitrogen and oxygen atoms in total. The van der Waals surface area contributed by atoms with Crippen LogP contribution in [0.3, 0.4) is 0 Å². The molecule has 1 saturated heterocycles. The van der Waals surface area contributed by atoms with Gasteiger partial charge in [-0.05, 0) is 43.3 Å². The molecule has 3 rings (SSSR count). The summed E-state index contributed by atoms with van der Waals surface area (Å²) in [6.07, 6.45) is 1.29. The molecule has 1 aliphatic rings. The first-order valence-corrected chi connectivity index (χ1v) is 11.6. The molecule has 10 heteroatoms. The van der Waals surface area contributed by atoms with E-state index in [0.717, 1.165) is 41.6 Å². The molecule has 0 bridgehead atoms. The van der Waals surface area contributed by atoms with E-state index in [1.807, 2.05) is 19.1 Å². The zero-order valence-corrected chi connectivity index (χ0v) is 18.2. The van der Waals surface area contributed by atoms with Crippen LogP contribution in [0.25, 0.3) is 0 Å². The lowest BCUT2D eigenvalue weighted by Crippen LogP contribution is -2.33. The number of hydrogen-bond donors (Lipinski definition) is 1. The molecule has 1 atom stereocenters. The van der Waals surface area contributed by atoms with Gasteiger partial charge < -0.3 is 5.32 Å². The van der Waals surface area contributed by atoms with Crippen LogP contribution in [-0.2, 0) is 19.6 Å². The Balaban J connectivity index is 1.78. The summed E-state index contributed by atoms with van der Waals surface area (Å²) in [6, 6.07) is 11.4. The highest BCUT2D eigenvalue weighted by molar-refractivity contribution is 8.16. The Kier molecular flexibility index (Phi) is 6.91. The summed E-state index contributed by atoms with van der Waals surface area (Å²) >= 11 is 0.897. The first-order valence-electron chi connectivity index (χ1n) is 9.25. The molecule has 0 saturated carbocycles. The van der Waals surface area contributed by atoms with Gasteiger partial charge in [0.2, 0.25) is 11.8 Å². The fourth-order valence-electron chi connectivity index (χ4n) is 2.79. The average Bonchev–Trinajstić information content (AvgIpc) is 2.98. The third kappa shape index (κ3) is 5.59. The normalized spacial score (nSPS) is 17.7. The maximum atomic E-state index is 13.1. The molecule has 0 aliphatic carbocycles. The zero-order valence-electron chi connectivity index (χ0n) is 16.6. The molecule has 2 amide bonds. The van der Waals surface area contributed by atoms with Gasteiger partial charge in [0.05, 0.1) is 4.90 Å². The number of thioether (sulfide) groups is 1. The van der Waals surface area contributed by atoms with E-state index in [2.05, 4.69) is 16.3 Å². The van der Waals surface area contributed by atoms with Crippen LogP contribution in [-0.4, -0.2) is 42.1 Å². The van der Waals surface area contributed by atoms with E-state index in [-0.39, 0.29) is 28.9 Å². The van der Waals surface area contributed by atoms with Crippen molar-refractivity contribution in [2.24, 2.45) is 4.40 Å². The molecule has 1 N–H and O–H groups in total. The van der Waals surface area contributed by atoms with Gasteiger partial charge in [-0.2, -0.15) is 8.42 Å². The summed E-state index contributed by atoms with van der Waals surface area (Å²) in [6.45, 7) is 5.54. The molecule has 0 spiro atoms. The van der Waals surface area contributed by atoms with Gasteiger partial charge >= 0.3 is 0 Å². The Morgan fingerprint density at radius 3 is 2.48 bits per heavy atom. The average molecular weight is 462 g/mol. The lowest BCUT2D eigenvalue weighted by Gasteiger charge is -2.13.